The number of nitrogens with zero attached hydrogens (tertiary/aromatic N) is 1. The number of carbonyl (C=O) groups is 3. The molecule has 0 bridgehead atoms. The van der Waals surface area contributed by atoms with Gasteiger partial charge in [0.1, 0.15) is 11.7 Å². The summed E-state index contributed by atoms with van der Waals surface area (Å²) in [7, 11) is 0. The van der Waals surface area contributed by atoms with Crippen LogP contribution in [0.2, 0.25) is 0 Å². The summed E-state index contributed by atoms with van der Waals surface area (Å²) in [6.07, 6.45) is -1.19. The van der Waals surface area contributed by atoms with Crippen LogP contribution in [0.5, 0.6) is 0 Å². The van der Waals surface area contributed by atoms with E-state index >= 15 is 0 Å². The Morgan fingerprint density at radius 2 is 1.66 bits per heavy atom. The van der Waals surface area contributed by atoms with Crippen molar-refractivity contribution in [2.75, 3.05) is 0 Å². The summed E-state index contributed by atoms with van der Waals surface area (Å²) in [5.74, 6) is -2.03. The molecular formula is C24H25N4O4. The molecule has 8 heteroatoms. The van der Waals surface area contributed by atoms with Crippen LogP contribution in [-0.2, 0) is 16.0 Å². The van der Waals surface area contributed by atoms with Gasteiger partial charge in [-0.15, -0.1) is 0 Å². The molecule has 0 aliphatic rings. The monoisotopic (exact) mass is 433 g/mol. The van der Waals surface area contributed by atoms with E-state index in [1.54, 1.807) is 18.2 Å². The van der Waals surface area contributed by atoms with E-state index in [-0.39, 0.29) is 5.69 Å². The van der Waals surface area contributed by atoms with Crippen LogP contribution in [0.25, 0.3) is 10.9 Å². The van der Waals surface area contributed by atoms with Crippen LogP contribution in [0, 0.1) is 6.92 Å². The van der Waals surface area contributed by atoms with Gasteiger partial charge in [0, 0.05) is 5.39 Å². The molecule has 0 spiro atoms. The fraction of sp³-hybridized carbons (Fsp3) is 0.208. The number of aromatic nitrogens is 1. The maximum atomic E-state index is 12.9. The number of carbonyl (C=O) groups excluding carboxylic acids is 3. The molecule has 165 valence electrons. The third-order valence-electron chi connectivity index (χ3n) is 4.95. The summed E-state index contributed by atoms with van der Waals surface area (Å²) in [4.78, 5) is 41.4. The summed E-state index contributed by atoms with van der Waals surface area (Å²) in [5, 5.41) is 16.1. The molecule has 0 saturated carbocycles. The number of nitrogens with one attached hydrogen (secondary N) is 2. The van der Waals surface area contributed by atoms with Gasteiger partial charge in [0.15, 0.2) is 0 Å². The minimum absolute atomic E-state index is 0.101. The van der Waals surface area contributed by atoms with Crippen molar-refractivity contribution < 1.29 is 19.5 Å². The topological polar surface area (TPSA) is 134 Å². The van der Waals surface area contributed by atoms with Gasteiger partial charge in [-0.1, -0.05) is 54.6 Å². The molecule has 1 aromatic heterocycles. The first-order valence-corrected chi connectivity index (χ1v) is 10.1. The number of amides is 3. The fourth-order valence-electron chi connectivity index (χ4n) is 3.27. The first-order valence-electron chi connectivity index (χ1n) is 10.1. The second-order valence-electron chi connectivity index (χ2n) is 7.46. The van der Waals surface area contributed by atoms with Gasteiger partial charge >= 0.3 is 0 Å². The number of hydrogen-bond acceptors (Lipinski definition) is 5. The van der Waals surface area contributed by atoms with E-state index in [4.69, 9.17) is 5.73 Å². The van der Waals surface area contributed by atoms with Crippen molar-refractivity contribution >= 4 is 28.6 Å². The third kappa shape index (κ3) is 6.12. The summed E-state index contributed by atoms with van der Waals surface area (Å²) in [6.45, 7) is 3.60. The Labute approximate surface area is 185 Å². The van der Waals surface area contributed by atoms with Crippen LogP contribution >= 0.6 is 0 Å². The molecule has 0 unspecified atom stereocenters. The average Bonchev–Trinajstić information content (AvgIpc) is 2.78. The zero-order chi connectivity index (χ0) is 23.1. The second-order valence-corrected chi connectivity index (χ2v) is 7.46. The highest BCUT2D eigenvalue weighted by Crippen LogP contribution is 2.12. The van der Waals surface area contributed by atoms with Gasteiger partial charge in [-0.25, -0.2) is 4.98 Å². The van der Waals surface area contributed by atoms with Crippen LogP contribution in [0.3, 0.4) is 0 Å². The van der Waals surface area contributed by atoms with E-state index in [0.717, 1.165) is 10.9 Å². The van der Waals surface area contributed by atoms with Crippen LogP contribution in [0.15, 0.2) is 66.7 Å². The number of pyridine rings is 1. The maximum absolute atomic E-state index is 12.9. The highest BCUT2D eigenvalue weighted by Gasteiger charge is 2.27. The molecule has 3 amide bonds. The number of primary amides is 1. The number of rotatable bonds is 9. The van der Waals surface area contributed by atoms with Crippen molar-refractivity contribution in [2.24, 2.45) is 5.73 Å². The molecule has 0 aliphatic heterocycles. The van der Waals surface area contributed by atoms with Gasteiger partial charge < -0.3 is 21.5 Å². The fourth-order valence-corrected chi connectivity index (χ4v) is 3.27. The number of fused-ring (bicyclic) bond motifs is 1. The van der Waals surface area contributed by atoms with Crippen LogP contribution < -0.4 is 16.4 Å². The lowest BCUT2D eigenvalue weighted by atomic mass is 10.0. The predicted molar refractivity (Wildman–Crippen MR) is 120 cm³/mol. The molecule has 3 atom stereocenters. The normalized spacial score (nSPS) is 13.7. The molecule has 2 aromatic carbocycles. The summed E-state index contributed by atoms with van der Waals surface area (Å²) < 4.78 is 0. The number of benzene rings is 2. The summed E-state index contributed by atoms with van der Waals surface area (Å²) in [5.41, 5.74) is 6.90. The molecule has 0 aliphatic carbocycles. The maximum Gasteiger partial charge on any atom is 0.270 e. The lowest BCUT2D eigenvalue weighted by molar-refractivity contribution is -0.127. The minimum atomic E-state index is -1.23. The average molecular weight is 433 g/mol. The Morgan fingerprint density at radius 3 is 2.34 bits per heavy atom. The Hall–Kier alpha value is -3.78. The van der Waals surface area contributed by atoms with Crippen molar-refractivity contribution in [1.82, 2.24) is 15.6 Å². The van der Waals surface area contributed by atoms with Crippen LogP contribution in [0.4, 0.5) is 0 Å². The molecule has 8 nitrogen and oxygen atoms in total. The van der Waals surface area contributed by atoms with Crippen molar-refractivity contribution in [1.29, 1.82) is 0 Å². The molecule has 32 heavy (non-hydrogen) atoms. The van der Waals surface area contributed by atoms with E-state index in [1.165, 1.54) is 6.07 Å². The number of para-hydroxylation sites is 1. The van der Waals surface area contributed by atoms with Gasteiger partial charge in [-0.3, -0.25) is 14.4 Å². The zero-order valence-electron chi connectivity index (χ0n) is 17.4. The second kappa shape index (κ2) is 10.5. The molecule has 0 saturated heterocycles. The van der Waals surface area contributed by atoms with Crippen molar-refractivity contribution in [3.05, 3.63) is 84.9 Å². The first-order chi connectivity index (χ1) is 15.3. The predicted octanol–water partition coefficient (Wildman–Crippen LogP) is 1.13. The van der Waals surface area contributed by atoms with Gasteiger partial charge in [0.25, 0.3) is 5.91 Å². The van der Waals surface area contributed by atoms with Crippen LogP contribution in [0.1, 0.15) is 22.5 Å². The zero-order valence-corrected chi connectivity index (χ0v) is 17.4. The lowest BCUT2D eigenvalue weighted by Crippen LogP contribution is -2.53. The molecular weight excluding hydrogens is 408 g/mol. The van der Waals surface area contributed by atoms with Gasteiger partial charge in [0.05, 0.1) is 24.1 Å². The smallest absolute Gasteiger partial charge is 0.270 e. The third-order valence-corrected chi connectivity index (χ3v) is 4.95. The molecule has 3 rings (SSSR count). The Bertz CT molecular complexity index is 1100. The molecule has 1 heterocycles. The molecule has 5 N–H and O–H groups in total. The lowest BCUT2D eigenvalue weighted by Gasteiger charge is -2.25. The van der Waals surface area contributed by atoms with Gasteiger partial charge in [-0.05, 0) is 31.0 Å². The van der Waals surface area contributed by atoms with E-state index in [9.17, 15) is 19.5 Å². The molecule has 1 radical (unpaired) electrons. The summed E-state index contributed by atoms with van der Waals surface area (Å²) >= 11 is 0. The number of aliphatic hydroxyl groups excluding tert-OH is 1. The Balaban J connectivity index is 1.74. The Kier molecular flexibility index (Phi) is 7.51. The van der Waals surface area contributed by atoms with Gasteiger partial charge in [0.2, 0.25) is 11.8 Å². The highest BCUT2D eigenvalue weighted by molar-refractivity contribution is 5.99. The quantitative estimate of drug-likeness (QED) is 0.401. The standard InChI is InChI=1S/C24H25N4O4/c1-15(29)20(13-16-7-3-2-4-8-16)27-24(32)21(14-22(25)30)28-23(31)19-12-11-17-9-5-6-10-18(17)26-19/h2-12,15,20-21,29H,1,13-14H2,(H2,25,30)(H,27,32)(H,28,31)/t15-,20+,21+/m1/s1. The van der Waals surface area contributed by atoms with Crippen LogP contribution in [-0.4, -0.2) is 46.0 Å². The number of nitrogens with two attached hydrogens (primary N) is 1. The molecule has 3 aromatic rings. The highest BCUT2D eigenvalue weighted by atomic mass is 16.3. The first kappa shape index (κ1) is 22.9. The van der Waals surface area contributed by atoms with Crippen molar-refractivity contribution in [3.63, 3.8) is 0 Å². The molecule has 0 fully saturated rings. The van der Waals surface area contributed by atoms with E-state index in [1.807, 2.05) is 42.5 Å². The van der Waals surface area contributed by atoms with Crippen molar-refractivity contribution in [2.45, 2.75) is 31.0 Å². The SMILES string of the molecule is [CH2][C@@H](O)[C@H](Cc1ccccc1)NC(=O)[C@H](CC(N)=O)NC(=O)c1ccc2ccccc2n1. The van der Waals surface area contributed by atoms with Gasteiger partial charge in [-0.2, -0.15) is 0 Å². The minimum Gasteiger partial charge on any atom is -0.391 e. The largest absolute Gasteiger partial charge is 0.391 e. The van der Waals surface area contributed by atoms with E-state index < -0.39 is 42.3 Å². The van der Waals surface area contributed by atoms with E-state index in [0.29, 0.717) is 11.9 Å². The van der Waals surface area contributed by atoms with Crippen molar-refractivity contribution in [3.8, 4) is 0 Å². The Morgan fingerprint density at radius 1 is 0.969 bits per heavy atom. The number of aliphatic hydroxyl groups is 1. The van der Waals surface area contributed by atoms with E-state index in [2.05, 4.69) is 22.5 Å². The number of hydrogen-bond donors (Lipinski definition) is 4. The summed E-state index contributed by atoms with van der Waals surface area (Å²) in [6, 6.07) is 17.9.